The predicted molar refractivity (Wildman–Crippen MR) is 79.6 cm³/mol. The van der Waals surface area contributed by atoms with Crippen LogP contribution in [-0.2, 0) is 16.0 Å². The molecule has 0 radical (unpaired) electrons. The highest BCUT2D eigenvalue weighted by Crippen LogP contribution is 2.03. The van der Waals surface area contributed by atoms with Crippen LogP contribution in [0.5, 0.6) is 0 Å². The highest BCUT2D eigenvalue weighted by molar-refractivity contribution is 5.76. The van der Waals surface area contributed by atoms with Crippen LogP contribution in [-0.4, -0.2) is 49.7 Å². The third kappa shape index (κ3) is 4.94. The van der Waals surface area contributed by atoms with Crippen molar-refractivity contribution in [2.45, 2.75) is 25.8 Å². The van der Waals surface area contributed by atoms with Crippen molar-refractivity contribution < 1.29 is 9.53 Å². The molecule has 1 aliphatic heterocycles. The number of carbonyl (C=O) groups is 1. The lowest BCUT2D eigenvalue weighted by Crippen LogP contribution is -2.42. The molecule has 0 saturated carbocycles. The van der Waals surface area contributed by atoms with Gasteiger partial charge in [-0.1, -0.05) is 30.3 Å². The van der Waals surface area contributed by atoms with Gasteiger partial charge in [0, 0.05) is 32.1 Å². The summed E-state index contributed by atoms with van der Waals surface area (Å²) in [7, 11) is 0. The zero-order valence-electron chi connectivity index (χ0n) is 12.2. The van der Waals surface area contributed by atoms with Gasteiger partial charge in [0.25, 0.3) is 0 Å². The Morgan fingerprint density at radius 2 is 2.00 bits per heavy atom. The largest absolute Gasteiger partial charge is 0.378 e. The van der Waals surface area contributed by atoms with Gasteiger partial charge >= 0.3 is 0 Å². The predicted octanol–water partition coefficient (Wildman–Crippen LogP) is 1.46. The van der Waals surface area contributed by atoms with E-state index >= 15 is 0 Å². The molecule has 110 valence electrons. The summed E-state index contributed by atoms with van der Waals surface area (Å²) in [5.74, 6) is 0.229. The molecule has 2 rings (SSSR count). The average molecular weight is 276 g/mol. The van der Waals surface area contributed by atoms with Crippen LogP contribution in [0.1, 0.15) is 18.9 Å². The number of carbonyl (C=O) groups excluding carboxylic acids is 1. The van der Waals surface area contributed by atoms with Gasteiger partial charge in [-0.3, -0.25) is 4.79 Å². The topological polar surface area (TPSA) is 41.6 Å². The summed E-state index contributed by atoms with van der Waals surface area (Å²) in [6.07, 6.45) is 1.56. The molecular weight excluding hydrogens is 252 g/mol. The molecule has 20 heavy (non-hydrogen) atoms. The normalized spacial score (nSPS) is 16.9. The first kappa shape index (κ1) is 15.0. The van der Waals surface area contributed by atoms with E-state index < -0.39 is 0 Å². The first-order chi connectivity index (χ1) is 9.75. The first-order valence-electron chi connectivity index (χ1n) is 7.38. The highest BCUT2D eigenvalue weighted by atomic mass is 16.5. The number of hydrogen-bond acceptors (Lipinski definition) is 3. The van der Waals surface area contributed by atoms with Crippen molar-refractivity contribution in [2.24, 2.45) is 0 Å². The molecule has 1 fully saturated rings. The second-order valence-electron chi connectivity index (χ2n) is 5.29. The molecule has 1 amide bonds. The lowest BCUT2D eigenvalue weighted by atomic mass is 10.1. The van der Waals surface area contributed by atoms with Crippen LogP contribution in [0, 0.1) is 0 Å². The minimum Gasteiger partial charge on any atom is -0.378 e. The van der Waals surface area contributed by atoms with Gasteiger partial charge in [0.15, 0.2) is 0 Å². The van der Waals surface area contributed by atoms with Gasteiger partial charge in [-0.15, -0.1) is 0 Å². The van der Waals surface area contributed by atoms with E-state index in [4.69, 9.17) is 4.74 Å². The highest BCUT2D eigenvalue weighted by Gasteiger charge is 2.16. The van der Waals surface area contributed by atoms with Gasteiger partial charge in [-0.05, 0) is 18.9 Å². The molecule has 0 aromatic heterocycles. The summed E-state index contributed by atoms with van der Waals surface area (Å²) in [6.45, 7) is 5.71. The second-order valence-corrected chi connectivity index (χ2v) is 5.29. The standard InChI is InChI=1S/C16H24N2O2/c1-14(13-15-5-3-2-4-6-15)17-8-7-16(19)18-9-11-20-12-10-18/h2-6,14,17H,7-13H2,1H3. The van der Waals surface area contributed by atoms with Crippen molar-refractivity contribution in [3.05, 3.63) is 35.9 Å². The fraction of sp³-hybridized carbons (Fsp3) is 0.562. The zero-order valence-corrected chi connectivity index (χ0v) is 12.2. The Bertz CT molecular complexity index is 402. The van der Waals surface area contributed by atoms with E-state index in [-0.39, 0.29) is 5.91 Å². The van der Waals surface area contributed by atoms with Gasteiger partial charge in [-0.25, -0.2) is 0 Å². The van der Waals surface area contributed by atoms with E-state index in [0.29, 0.717) is 25.7 Å². The van der Waals surface area contributed by atoms with E-state index in [2.05, 4.69) is 36.5 Å². The lowest BCUT2D eigenvalue weighted by Gasteiger charge is -2.27. The maximum Gasteiger partial charge on any atom is 0.224 e. The summed E-state index contributed by atoms with van der Waals surface area (Å²) in [5.41, 5.74) is 1.33. The molecule has 1 N–H and O–H groups in total. The third-order valence-corrected chi connectivity index (χ3v) is 3.58. The molecule has 1 atom stereocenters. The Hall–Kier alpha value is -1.39. The molecule has 1 saturated heterocycles. The molecule has 1 unspecified atom stereocenters. The first-order valence-corrected chi connectivity index (χ1v) is 7.38. The monoisotopic (exact) mass is 276 g/mol. The van der Waals surface area contributed by atoms with Crippen LogP contribution >= 0.6 is 0 Å². The number of benzene rings is 1. The fourth-order valence-electron chi connectivity index (χ4n) is 2.44. The Balaban J connectivity index is 1.63. The van der Waals surface area contributed by atoms with E-state index in [1.54, 1.807) is 0 Å². The minimum absolute atomic E-state index is 0.229. The van der Waals surface area contributed by atoms with Gasteiger partial charge in [0.2, 0.25) is 5.91 Å². The molecule has 1 aromatic rings. The Labute approximate surface area is 121 Å². The van der Waals surface area contributed by atoms with E-state index in [1.165, 1.54) is 5.56 Å². The molecule has 1 aliphatic rings. The summed E-state index contributed by atoms with van der Waals surface area (Å²) in [5, 5.41) is 3.42. The maximum atomic E-state index is 12.0. The smallest absolute Gasteiger partial charge is 0.224 e. The number of hydrogen-bond donors (Lipinski definition) is 1. The van der Waals surface area contributed by atoms with Gasteiger partial charge in [0.05, 0.1) is 13.2 Å². The summed E-state index contributed by atoms with van der Waals surface area (Å²) >= 11 is 0. The molecule has 0 bridgehead atoms. The summed E-state index contributed by atoms with van der Waals surface area (Å²) in [4.78, 5) is 13.9. The molecule has 0 spiro atoms. The van der Waals surface area contributed by atoms with E-state index in [9.17, 15) is 4.79 Å². The summed E-state index contributed by atoms with van der Waals surface area (Å²) < 4.78 is 5.25. The van der Waals surface area contributed by atoms with Gasteiger partial charge in [0.1, 0.15) is 0 Å². The molecule has 0 aliphatic carbocycles. The third-order valence-electron chi connectivity index (χ3n) is 3.58. The molecule has 1 heterocycles. The van der Waals surface area contributed by atoms with Crippen molar-refractivity contribution in [1.29, 1.82) is 0 Å². The van der Waals surface area contributed by atoms with E-state index in [1.807, 2.05) is 11.0 Å². The Morgan fingerprint density at radius 1 is 1.30 bits per heavy atom. The fourth-order valence-corrected chi connectivity index (χ4v) is 2.44. The zero-order chi connectivity index (χ0) is 14.2. The number of amides is 1. The number of morpholine rings is 1. The second kappa shape index (κ2) is 8.02. The quantitative estimate of drug-likeness (QED) is 0.855. The summed E-state index contributed by atoms with van der Waals surface area (Å²) in [6, 6.07) is 10.8. The van der Waals surface area contributed by atoms with Crippen molar-refractivity contribution in [3.8, 4) is 0 Å². The van der Waals surface area contributed by atoms with Crippen LogP contribution in [0.15, 0.2) is 30.3 Å². The van der Waals surface area contributed by atoms with Crippen LogP contribution in [0.4, 0.5) is 0 Å². The van der Waals surface area contributed by atoms with E-state index in [0.717, 1.165) is 26.1 Å². The van der Waals surface area contributed by atoms with Crippen LogP contribution < -0.4 is 5.32 Å². The number of ether oxygens (including phenoxy) is 1. The van der Waals surface area contributed by atoms with Crippen molar-refractivity contribution >= 4 is 5.91 Å². The maximum absolute atomic E-state index is 12.0. The Morgan fingerprint density at radius 3 is 2.70 bits per heavy atom. The van der Waals surface area contributed by atoms with Crippen LogP contribution in [0.2, 0.25) is 0 Å². The molecule has 4 nitrogen and oxygen atoms in total. The van der Waals surface area contributed by atoms with Crippen LogP contribution in [0.3, 0.4) is 0 Å². The average Bonchev–Trinajstić information content (AvgIpc) is 2.49. The molecule has 1 aromatic carbocycles. The number of rotatable bonds is 6. The van der Waals surface area contributed by atoms with Gasteiger partial charge < -0.3 is 15.0 Å². The van der Waals surface area contributed by atoms with Crippen molar-refractivity contribution in [2.75, 3.05) is 32.8 Å². The SMILES string of the molecule is CC(Cc1ccccc1)NCCC(=O)N1CCOCC1. The number of nitrogens with zero attached hydrogens (tertiary/aromatic N) is 1. The molecular formula is C16H24N2O2. The number of nitrogens with one attached hydrogen (secondary N) is 1. The van der Waals surface area contributed by atoms with Crippen molar-refractivity contribution in [3.63, 3.8) is 0 Å². The molecule has 4 heteroatoms. The van der Waals surface area contributed by atoms with Crippen LogP contribution in [0.25, 0.3) is 0 Å². The lowest BCUT2D eigenvalue weighted by molar-refractivity contribution is -0.135. The van der Waals surface area contributed by atoms with Gasteiger partial charge in [-0.2, -0.15) is 0 Å². The Kier molecular flexibility index (Phi) is 6.02. The minimum atomic E-state index is 0.229. The van der Waals surface area contributed by atoms with Crippen molar-refractivity contribution in [1.82, 2.24) is 10.2 Å².